The fourth-order valence-electron chi connectivity index (χ4n) is 2.03. The Hall–Kier alpha value is -2.57. The van der Waals surface area contributed by atoms with Gasteiger partial charge in [-0.2, -0.15) is 18.4 Å². The molecule has 5 nitrogen and oxygen atoms in total. The van der Waals surface area contributed by atoms with E-state index in [9.17, 15) is 8.42 Å². The molecule has 0 aliphatic heterocycles. The molecule has 3 rings (SSSR count). The molecule has 0 bridgehead atoms. The summed E-state index contributed by atoms with van der Waals surface area (Å²) in [6.07, 6.45) is 1.30. The van der Waals surface area contributed by atoms with Crippen LogP contribution in [0.25, 0.3) is 11.3 Å². The monoisotopic (exact) mass is 360 g/mol. The number of hydrazone groups is 1. The Bertz CT molecular complexity index is 966. The molecule has 7 heteroatoms. The summed E-state index contributed by atoms with van der Waals surface area (Å²) in [6, 6.07) is 18.7. The third-order valence-corrected chi connectivity index (χ3v) is 4.63. The lowest BCUT2D eigenvalue weighted by Crippen LogP contribution is -2.18. The van der Waals surface area contributed by atoms with Gasteiger partial charge in [0.2, 0.25) is 0 Å². The molecular formula is C17H13ClN2O3S. The number of nitrogens with zero attached hydrogens (tertiary/aromatic N) is 1. The first-order chi connectivity index (χ1) is 11.5. The predicted octanol–water partition coefficient (Wildman–Crippen LogP) is 3.91. The minimum Gasteiger partial charge on any atom is -0.455 e. The lowest BCUT2D eigenvalue weighted by Gasteiger charge is -2.01. The quantitative estimate of drug-likeness (QED) is 0.553. The fraction of sp³-hybridized carbons (Fsp3) is 0. The number of benzene rings is 2. The van der Waals surface area contributed by atoms with Gasteiger partial charge in [-0.1, -0.05) is 41.9 Å². The highest BCUT2D eigenvalue weighted by Crippen LogP contribution is 2.24. The Morgan fingerprint density at radius 3 is 2.54 bits per heavy atom. The lowest BCUT2D eigenvalue weighted by molar-refractivity contribution is 0.573. The molecule has 1 aromatic heterocycles. The van der Waals surface area contributed by atoms with Gasteiger partial charge in [0.1, 0.15) is 11.5 Å². The van der Waals surface area contributed by atoms with E-state index in [0.717, 1.165) is 5.56 Å². The van der Waals surface area contributed by atoms with Crippen molar-refractivity contribution in [2.45, 2.75) is 4.90 Å². The SMILES string of the molecule is O=S(=O)(NN=Cc1ccc(-c2cccc(Cl)c2)o1)c1ccccc1. The molecule has 122 valence electrons. The number of rotatable bonds is 5. The molecule has 0 saturated carbocycles. The zero-order valence-electron chi connectivity index (χ0n) is 12.4. The van der Waals surface area contributed by atoms with Crippen LogP contribution in [0.2, 0.25) is 5.02 Å². The molecule has 1 N–H and O–H groups in total. The Kier molecular flexibility index (Phi) is 4.69. The van der Waals surface area contributed by atoms with Crippen LogP contribution in [0.5, 0.6) is 0 Å². The number of halogens is 1. The third-order valence-electron chi connectivity index (χ3n) is 3.15. The maximum Gasteiger partial charge on any atom is 0.276 e. The molecule has 2 aromatic carbocycles. The Balaban J connectivity index is 1.72. The van der Waals surface area contributed by atoms with Crippen molar-refractivity contribution in [2.75, 3.05) is 0 Å². The minimum absolute atomic E-state index is 0.140. The van der Waals surface area contributed by atoms with Gasteiger partial charge in [0.25, 0.3) is 10.0 Å². The lowest BCUT2D eigenvalue weighted by atomic mass is 10.2. The minimum atomic E-state index is -3.69. The molecule has 1 heterocycles. The van der Waals surface area contributed by atoms with Gasteiger partial charge in [-0.25, -0.2) is 0 Å². The summed E-state index contributed by atoms with van der Waals surface area (Å²) < 4.78 is 29.6. The van der Waals surface area contributed by atoms with E-state index in [0.29, 0.717) is 16.5 Å². The van der Waals surface area contributed by atoms with Crippen molar-refractivity contribution < 1.29 is 12.8 Å². The van der Waals surface area contributed by atoms with Gasteiger partial charge in [0.05, 0.1) is 11.1 Å². The van der Waals surface area contributed by atoms with E-state index in [-0.39, 0.29) is 4.90 Å². The standard InChI is InChI=1S/C17H13ClN2O3S/c18-14-6-4-5-13(11-14)17-10-9-15(23-17)12-19-20-24(21,22)16-7-2-1-3-8-16/h1-12,20H. The number of furan rings is 1. The van der Waals surface area contributed by atoms with Gasteiger partial charge in [-0.15, -0.1) is 0 Å². The van der Waals surface area contributed by atoms with Crippen LogP contribution in [0.15, 0.2) is 81.1 Å². The Labute approximate surface area is 144 Å². The highest BCUT2D eigenvalue weighted by Gasteiger charge is 2.11. The van der Waals surface area contributed by atoms with Gasteiger partial charge in [-0.3, -0.25) is 0 Å². The largest absolute Gasteiger partial charge is 0.455 e. The molecule has 0 spiro atoms. The van der Waals surface area contributed by atoms with Crippen LogP contribution in [-0.2, 0) is 10.0 Å². The normalized spacial score (nSPS) is 11.7. The van der Waals surface area contributed by atoms with Crippen LogP contribution in [0, 0.1) is 0 Å². The number of hydrogen-bond acceptors (Lipinski definition) is 4. The topological polar surface area (TPSA) is 71.7 Å². The molecular weight excluding hydrogens is 348 g/mol. The van der Waals surface area contributed by atoms with E-state index in [1.165, 1.54) is 18.3 Å². The van der Waals surface area contributed by atoms with Crippen LogP contribution in [0.3, 0.4) is 0 Å². The summed E-state index contributed by atoms with van der Waals surface area (Å²) >= 11 is 5.95. The first-order valence-corrected chi connectivity index (χ1v) is 8.86. The maximum absolute atomic E-state index is 12.0. The van der Waals surface area contributed by atoms with Gasteiger partial charge in [0.15, 0.2) is 0 Å². The summed E-state index contributed by atoms with van der Waals surface area (Å²) in [7, 11) is -3.69. The molecule has 3 aromatic rings. The van der Waals surface area contributed by atoms with E-state index >= 15 is 0 Å². The summed E-state index contributed by atoms with van der Waals surface area (Å²) in [5.41, 5.74) is 0.826. The molecule has 0 fully saturated rings. The average molecular weight is 361 g/mol. The second-order valence-electron chi connectivity index (χ2n) is 4.88. The molecule has 0 radical (unpaired) electrons. The van der Waals surface area contributed by atoms with Crippen LogP contribution >= 0.6 is 11.6 Å². The third kappa shape index (κ3) is 3.84. The average Bonchev–Trinajstić information content (AvgIpc) is 3.04. The van der Waals surface area contributed by atoms with Crippen molar-refractivity contribution in [1.29, 1.82) is 0 Å². The van der Waals surface area contributed by atoms with Crippen molar-refractivity contribution in [3.63, 3.8) is 0 Å². The first kappa shape index (κ1) is 16.3. The second-order valence-corrected chi connectivity index (χ2v) is 6.98. The van der Waals surface area contributed by atoms with Crippen LogP contribution in [0.1, 0.15) is 5.76 Å². The Morgan fingerprint density at radius 2 is 1.79 bits per heavy atom. The summed E-state index contributed by atoms with van der Waals surface area (Å²) in [4.78, 5) is 2.28. The smallest absolute Gasteiger partial charge is 0.276 e. The zero-order valence-corrected chi connectivity index (χ0v) is 14.0. The first-order valence-electron chi connectivity index (χ1n) is 7.00. The summed E-state index contributed by atoms with van der Waals surface area (Å²) in [6.45, 7) is 0. The van der Waals surface area contributed by atoms with Crippen LogP contribution in [-0.4, -0.2) is 14.6 Å². The highest BCUT2D eigenvalue weighted by molar-refractivity contribution is 7.89. The number of nitrogens with one attached hydrogen (secondary N) is 1. The number of hydrogen-bond donors (Lipinski definition) is 1. The zero-order chi connectivity index (χ0) is 17.0. The second kappa shape index (κ2) is 6.90. The molecule has 0 unspecified atom stereocenters. The fourth-order valence-corrected chi connectivity index (χ4v) is 3.03. The van der Waals surface area contributed by atoms with Crippen molar-refractivity contribution in [1.82, 2.24) is 4.83 Å². The molecule has 0 amide bonds. The van der Waals surface area contributed by atoms with E-state index in [4.69, 9.17) is 16.0 Å². The van der Waals surface area contributed by atoms with Crippen LogP contribution < -0.4 is 4.83 Å². The van der Waals surface area contributed by atoms with Crippen molar-refractivity contribution >= 4 is 27.8 Å². The molecule has 0 aliphatic carbocycles. The summed E-state index contributed by atoms with van der Waals surface area (Å²) in [5.74, 6) is 1.03. The predicted molar refractivity (Wildman–Crippen MR) is 93.5 cm³/mol. The number of sulfonamides is 1. The van der Waals surface area contributed by atoms with E-state index < -0.39 is 10.0 Å². The van der Waals surface area contributed by atoms with Crippen LogP contribution in [0.4, 0.5) is 0 Å². The maximum atomic E-state index is 12.0. The molecule has 24 heavy (non-hydrogen) atoms. The van der Waals surface area contributed by atoms with Gasteiger partial charge in [0, 0.05) is 10.6 Å². The highest BCUT2D eigenvalue weighted by atomic mass is 35.5. The molecule has 0 atom stereocenters. The molecule has 0 saturated heterocycles. The van der Waals surface area contributed by atoms with E-state index in [1.807, 2.05) is 12.1 Å². The van der Waals surface area contributed by atoms with E-state index in [1.54, 1.807) is 42.5 Å². The van der Waals surface area contributed by atoms with Crippen molar-refractivity contribution in [2.24, 2.45) is 5.10 Å². The van der Waals surface area contributed by atoms with Gasteiger partial charge < -0.3 is 4.42 Å². The Morgan fingerprint density at radius 1 is 1.00 bits per heavy atom. The van der Waals surface area contributed by atoms with E-state index in [2.05, 4.69) is 9.93 Å². The molecule has 0 aliphatic rings. The summed E-state index contributed by atoms with van der Waals surface area (Å²) in [5, 5.41) is 4.34. The van der Waals surface area contributed by atoms with Crippen molar-refractivity contribution in [3.8, 4) is 11.3 Å². The van der Waals surface area contributed by atoms with Gasteiger partial charge in [-0.05, 0) is 36.4 Å². The van der Waals surface area contributed by atoms with Gasteiger partial charge >= 0.3 is 0 Å². The van der Waals surface area contributed by atoms with Crippen molar-refractivity contribution in [3.05, 3.63) is 77.5 Å².